The second-order valence-corrected chi connectivity index (χ2v) is 2.97. The van der Waals surface area contributed by atoms with Crippen molar-refractivity contribution in [2.45, 2.75) is 12.6 Å². The molecule has 0 saturated carbocycles. The Hall–Kier alpha value is -1.66. The normalized spacial score (nSPS) is 11.9. The molecular weight excluding hydrogens is 233 g/mol. The lowest BCUT2D eigenvalue weighted by Gasteiger charge is -2.09. The van der Waals surface area contributed by atoms with Gasteiger partial charge < -0.3 is 5.73 Å². The molecule has 0 heterocycles. The van der Waals surface area contributed by atoms with Gasteiger partial charge in [0.05, 0.1) is 5.56 Å². The number of benzene rings is 1. The number of alkyl halides is 5. The molecule has 0 aliphatic rings. The van der Waals surface area contributed by atoms with E-state index in [1.807, 2.05) is 0 Å². The van der Waals surface area contributed by atoms with Crippen molar-refractivity contribution < 1.29 is 26.7 Å². The molecule has 0 amide bonds. The quantitative estimate of drug-likeness (QED) is 0.489. The number of ketones is 1. The van der Waals surface area contributed by atoms with Gasteiger partial charge in [0.1, 0.15) is 0 Å². The molecule has 0 atom stereocenters. The van der Waals surface area contributed by atoms with E-state index in [1.165, 1.54) is 0 Å². The Kier molecular flexibility index (Phi) is 3.16. The summed E-state index contributed by atoms with van der Waals surface area (Å²) < 4.78 is 60.6. The summed E-state index contributed by atoms with van der Waals surface area (Å²) in [5.41, 5.74) is 3.01. The van der Waals surface area contributed by atoms with Crippen molar-refractivity contribution >= 4 is 11.5 Å². The Bertz CT molecular complexity index is 413. The molecule has 0 aliphatic heterocycles. The fourth-order valence-corrected chi connectivity index (χ4v) is 1.06. The van der Waals surface area contributed by atoms with Gasteiger partial charge in [-0.3, -0.25) is 4.79 Å². The number of rotatable bonds is 2. The summed E-state index contributed by atoms with van der Waals surface area (Å²) >= 11 is 0. The highest BCUT2D eigenvalue weighted by molar-refractivity contribution is 6.04. The summed E-state index contributed by atoms with van der Waals surface area (Å²) in [6.07, 6.45) is -8.09. The first-order valence-electron chi connectivity index (χ1n) is 4.02. The van der Waals surface area contributed by atoms with Gasteiger partial charge in [0, 0.05) is 11.3 Å². The lowest BCUT2D eigenvalue weighted by Crippen LogP contribution is -2.24. The largest absolute Gasteiger partial charge is 0.454 e. The minimum Gasteiger partial charge on any atom is -0.398 e. The first-order chi connectivity index (χ1) is 7.23. The van der Waals surface area contributed by atoms with E-state index in [1.54, 1.807) is 0 Å². The molecule has 0 fully saturated rings. The molecule has 1 aromatic carbocycles. The minimum atomic E-state index is -5.13. The second-order valence-electron chi connectivity index (χ2n) is 2.97. The Morgan fingerprint density at radius 2 is 1.81 bits per heavy atom. The van der Waals surface area contributed by atoms with Crippen LogP contribution in [0, 0.1) is 0 Å². The summed E-state index contributed by atoms with van der Waals surface area (Å²) in [6.45, 7) is 0. The maximum Gasteiger partial charge on any atom is 0.454 e. The zero-order valence-electron chi connectivity index (χ0n) is 7.68. The molecule has 88 valence electrons. The third-order valence-electron chi connectivity index (χ3n) is 1.83. The van der Waals surface area contributed by atoms with Crippen molar-refractivity contribution in [1.29, 1.82) is 0 Å². The Morgan fingerprint density at radius 3 is 2.25 bits per heavy atom. The van der Waals surface area contributed by atoms with Crippen LogP contribution in [0.3, 0.4) is 0 Å². The van der Waals surface area contributed by atoms with E-state index in [4.69, 9.17) is 5.73 Å². The molecule has 2 N–H and O–H groups in total. The van der Waals surface area contributed by atoms with E-state index in [0.29, 0.717) is 6.07 Å². The standard InChI is InChI=1S/C9H6F5NO/c10-8(11)4-1-2-6(15)5(3-4)7(16)9(12,13)14/h1-3,8H,15H2. The molecule has 0 spiro atoms. The number of carbonyl (C=O) groups is 1. The SMILES string of the molecule is Nc1ccc(C(F)F)cc1C(=O)C(F)(F)F. The van der Waals surface area contributed by atoms with E-state index < -0.39 is 35.2 Å². The molecule has 0 unspecified atom stereocenters. The van der Waals surface area contributed by atoms with Gasteiger partial charge in [0.15, 0.2) is 0 Å². The molecule has 0 aromatic heterocycles. The number of carbonyl (C=O) groups excluding carboxylic acids is 1. The highest BCUT2D eigenvalue weighted by Gasteiger charge is 2.40. The average molecular weight is 239 g/mol. The number of anilines is 1. The van der Waals surface area contributed by atoms with Gasteiger partial charge in [-0.1, -0.05) is 6.07 Å². The predicted molar refractivity (Wildman–Crippen MR) is 46.2 cm³/mol. The van der Waals surface area contributed by atoms with Crippen LogP contribution in [0.2, 0.25) is 0 Å². The Labute approximate surface area is 86.9 Å². The van der Waals surface area contributed by atoms with Gasteiger partial charge in [-0.25, -0.2) is 8.78 Å². The van der Waals surface area contributed by atoms with Crippen LogP contribution in [0.25, 0.3) is 0 Å². The van der Waals surface area contributed by atoms with Crippen molar-refractivity contribution in [2.75, 3.05) is 5.73 Å². The summed E-state index contributed by atoms with van der Waals surface area (Å²) in [5, 5.41) is 0. The molecular formula is C9H6F5NO. The summed E-state index contributed by atoms with van der Waals surface area (Å²) in [7, 11) is 0. The van der Waals surface area contributed by atoms with Gasteiger partial charge in [-0.2, -0.15) is 13.2 Å². The minimum absolute atomic E-state index is 0.454. The summed E-state index contributed by atoms with van der Waals surface area (Å²) in [4.78, 5) is 10.8. The lowest BCUT2D eigenvalue weighted by molar-refractivity contribution is -0.0884. The first-order valence-corrected chi connectivity index (χ1v) is 4.02. The van der Waals surface area contributed by atoms with Crippen molar-refractivity contribution in [2.24, 2.45) is 0 Å². The zero-order valence-corrected chi connectivity index (χ0v) is 7.68. The fourth-order valence-electron chi connectivity index (χ4n) is 1.06. The average Bonchev–Trinajstić information content (AvgIpc) is 2.15. The Morgan fingerprint density at radius 1 is 1.25 bits per heavy atom. The molecule has 1 rings (SSSR count). The second kappa shape index (κ2) is 4.07. The maximum absolute atomic E-state index is 12.2. The molecule has 2 nitrogen and oxygen atoms in total. The third-order valence-corrected chi connectivity index (χ3v) is 1.83. The van der Waals surface area contributed by atoms with Crippen LogP contribution in [-0.4, -0.2) is 12.0 Å². The van der Waals surface area contributed by atoms with Crippen LogP contribution in [0.4, 0.5) is 27.6 Å². The van der Waals surface area contributed by atoms with Crippen LogP contribution in [0.1, 0.15) is 22.3 Å². The van der Waals surface area contributed by atoms with Crippen molar-refractivity contribution in [1.82, 2.24) is 0 Å². The van der Waals surface area contributed by atoms with Crippen LogP contribution in [0.15, 0.2) is 18.2 Å². The first kappa shape index (κ1) is 12.4. The van der Waals surface area contributed by atoms with Crippen LogP contribution >= 0.6 is 0 Å². The number of halogens is 5. The van der Waals surface area contributed by atoms with Gasteiger partial charge in [0.2, 0.25) is 0 Å². The van der Waals surface area contributed by atoms with Crippen LogP contribution in [-0.2, 0) is 0 Å². The van der Waals surface area contributed by atoms with Crippen molar-refractivity contribution in [3.8, 4) is 0 Å². The van der Waals surface area contributed by atoms with Gasteiger partial charge in [-0.15, -0.1) is 0 Å². The monoisotopic (exact) mass is 239 g/mol. The molecule has 1 aromatic rings. The van der Waals surface area contributed by atoms with E-state index in [-0.39, 0.29) is 0 Å². The summed E-state index contributed by atoms with van der Waals surface area (Å²) in [6, 6.07) is 2.17. The van der Waals surface area contributed by atoms with Crippen LogP contribution in [0.5, 0.6) is 0 Å². The highest BCUT2D eigenvalue weighted by atomic mass is 19.4. The van der Waals surface area contributed by atoms with Gasteiger partial charge >= 0.3 is 6.18 Å². The van der Waals surface area contributed by atoms with Crippen molar-refractivity contribution in [3.63, 3.8) is 0 Å². The van der Waals surface area contributed by atoms with Gasteiger partial charge in [-0.05, 0) is 12.1 Å². The number of nitrogens with two attached hydrogens (primary N) is 1. The number of hydrogen-bond donors (Lipinski definition) is 1. The molecule has 0 bridgehead atoms. The number of hydrogen-bond acceptors (Lipinski definition) is 2. The molecule has 16 heavy (non-hydrogen) atoms. The molecule has 0 radical (unpaired) electrons. The zero-order chi connectivity index (χ0) is 12.5. The van der Waals surface area contributed by atoms with Gasteiger partial charge in [0.25, 0.3) is 12.2 Å². The summed E-state index contributed by atoms with van der Waals surface area (Å²) in [5.74, 6) is -2.23. The third kappa shape index (κ3) is 2.47. The Balaban J connectivity index is 3.23. The van der Waals surface area contributed by atoms with E-state index in [9.17, 15) is 26.7 Å². The van der Waals surface area contributed by atoms with Crippen molar-refractivity contribution in [3.05, 3.63) is 29.3 Å². The van der Waals surface area contributed by atoms with E-state index in [2.05, 4.69) is 0 Å². The predicted octanol–water partition coefficient (Wildman–Crippen LogP) is 2.95. The molecule has 0 saturated heterocycles. The van der Waals surface area contributed by atoms with Crippen LogP contribution < -0.4 is 5.73 Å². The smallest absolute Gasteiger partial charge is 0.398 e. The molecule has 0 aliphatic carbocycles. The highest BCUT2D eigenvalue weighted by Crippen LogP contribution is 2.28. The van der Waals surface area contributed by atoms with E-state index in [0.717, 1.165) is 12.1 Å². The number of Topliss-reactive ketones (excluding diaryl/α,β-unsaturated/α-hetero) is 1. The topological polar surface area (TPSA) is 43.1 Å². The molecule has 7 heteroatoms. The maximum atomic E-state index is 12.2. The van der Waals surface area contributed by atoms with E-state index >= 15 is 0 Å². The number of nitrogen functional groups attached to an aromatic ring is 1. The fraction of sp³-hybridized carbons (Fsp3) is 0.222. The lowest BCUT2D eigenvalue weighted by atomic mass is 10.0.